The molecular formula is C17H21ClN4O2. The van der Waals surface area contributed by atoms with Crippen molar-refractivity contribution in [1.82, 2.24) is 20.3 Å². The van der Waals surface area contributed by atoms with Crippen LogP contribution in [0.4, 0.5) is 0 Å². The van der Waals surface area contributed by atoms with Gasteiger partial charge in [-0.05, 0) is 43.9 Å². The topological polar surface area (TPSA) is 80.0 Å². The third kappa shape index (κ3) is 3.60. The Morgan fingerprint density at radius 2 is 2.21 bits per heavy atom. The van der Waals surface area contributed by atoms with E-state index in [4.69, 9.17) is 11.6 Å². The molecule has 1 aliphatic carbocycles. The Balaban J connectivity index is 1.67. The van der Waals surface area contributed by atoms with Crippen LogP contribution in [-0.2, 0) is 0 Å². The lowest BCUT2D eigenvalue weighted by Crippen LogP contribution is -2.36. The Labute approximate surface area is 145 Å². The van der Waals surface area contributed by atoms with E-state index < -0.39 is 6.10 Å². The lowest BCUT2D eigenvalue weighted by molar-refractivity contribution is 0.0836. The molecule has 1 aliphatic rings. The fourth-order valence-corrected chi connectivity index (χ4v) is 3.37. The summed E-state index contributed by atoms with van der Waals surface area (Å²) in [6.07, 6.45) is 3.87. The van der Waals surface area contributed by atoms with Crippen molar-refractivity contribution in [2.45, 2.75) is 38.7 Å². The van der Waals surface area contributed by atoms with Crippen molar-refractivity contribution >= 4 is 17.5 Å². The zero-order chi connectivity index (χ0) is 17.1. The fourth-order valence-electron chi connectivity index (χ4n) is 3.18. The second-order valence-electron chi connectivity index (χ2n) is 6.24. The molecule has 2 N–H and O–H groups in total. The van der Waals surface area contributed by atoms with Gasteiger partial charge in [0.15, 0.2) is 5.69 Å². The second kappa shape index (κ2) is 7.32. The maximum Gasteiger partial charge on any atom is 0.273 e. The van der Waals surface area contributed by atoms with E-state index in [1.807, 2.05) is 12.1 Å². The van der Waals surface area contributed by atoms with Gasteiger partial charge < -0.3 is 10.4 Å². The fraction of sp³-hybridized carbons (Fsp3) is 0.471. The molecule has 24 heavy (non-hydrogen) atoms. The van der Waals surface area contributed by atoms with Gasteiger partial charge in [-0.25, -0.2) is 4.68 Å². The SMILES string of the molecule is Cc1c(C(=O)NCC(O)C2CCCC2)nnn1-c1cccc(Cl)c1. The van der Waals surface area contributed by atoms with Crippen molar-refractivity contribution in [1.29, 1.82) is 0 Å². The van der Waals surface area contributed by atoms with Crippen LogP contribution in [0, 0.1) is 12.8 Å². The maximum absolute atomic E-state index is 12.3. The van der Waals surface area contributed by atoms with Gasteiger partial charge in [-0.3, -0.25) is 4.79 Å². The quantitative estimate of drug-likeness (QED) is 0.870. The number of aliphatic hydroxyl groups is 1. The molecule has 0 bridgehead atoms. The smallest absolute Gasteiger partial charge is 0.273 e. The molecule has 0 saturated heterocycles. The van der Waals surface area contributed by atoms with Crippen molar-refractivity contribution in [3.8, 4) is 5.69 Å². The highest BCUT2D eigenvalue weighted by Gasteiger charge is 2.24. The molecule has 1 heterocycles. The largest absolute Gasteiger partial charge is 0.391 e. The number of nitrogens with zero attached hydrogens (tertiary/aromatic N) is 3. The van der Waals surface area contributed by atoms with Crippen molar-refractivity contribution in [2.24, 2.45) is 5.92 Å². The number of aromatic nitrogens is 3. The number of halogens is 1. The van der Waals surface area contributed by atoms with Crippen LogP contribution < -0.4 is 5.32 Å². The number of benzene rings is 1. The third-order valence-corrected chi connectivity index (χ3v) is 4.81. The normalized spacial score (nSPS) is 16.3. The van der Waals surface area contributed by atoms with Crippen molar-refractivity contribution in [2.75, 3.05) is 6.54 Å². The zero-order valence-electron chi connectivity index (χ0n) is 13.6. The van der Waals surface area contributed by atoms with Crippen LogP contribution in [0.2, 0.25) is 5.02 Å². The molecule has 1 unspecified atom stereocenters. The summed E-state index contributed by atoms with van der Waals surface area (Å²) >= 11 is 5.99. The first-order valence-corrected chi connectivity index (χ1v) is 8.58. The van der Waals surface area contributed by atoms with Crippen molar-refractivity contribution in [3.63, 3.8) is 0 Å². The van der Waals surface area contributed by atoms with Gasteiger partial charge in [0.25, 0.3) is 5.91 Å². The Morgan fingerprint density at radius 1 is 1.46 bits per heavy atom. The van der Waals surface area contributed by atoms with E-state index in [2.05, 4.69) is 15.6 Å². The Morgan fingerprint density at radius 3 is 2.92 bits per heavy atom. The molecular weight excluding hydrogens is 328 g/mol. The van der Waals surface area contributed by atoms with Gasteiger partial charge in [-0.2, -0.15) is 0 Å². The summed E-state index contributed by atoms with van der Waals surface area (Å²) in [6, 6.07) is 7.19. The Hall–Kier alpha value is -1.92. The predicted molar refractivity (Wildman–Crippen MR) is 91.4 cm³/mol. The van der Waals surface area contributed by atoms with E-state index in [0.717, 1.165) is 31.4 Å². The zero-order valence-corrected chi connectivity index (χ0v) is 14.3. The molecule has 1 amide bonds. The number of rotatable bonds is 5. The molecule has 3 rings (SSSR count). The van der Waals surface area contributed by atoms with Gasteiger partial charge in [0, 0.05) is 11.6 Å². The van der Waals surface area contributed by atoms with Gasteiger partial charge in [-0.1, -0.05) is 35.7 Å². The van der Waals surface area contributed by atoms with E-state index in [1.54, 1.807) is 23.7 Å². The first kappa shape index (κ1) is 16.9. The number of carbonyl (C=O) groups is 1. The lowest BCUT2D eigenvalue weighted by Gasteiger charge is -2.17. The number of nitrogens with one attached hydrogen (secondary N) is 1. The molecule has 0 radical (unpaired) electrons. The highest BCUT2D eigenvalue weighted by molar-refractivity contribution is 6.30. The van der Waals surface area contributed by atoms with Crippen LogP contribution in [0.15, 0.2) is 24.3 Å². The van der Waals surface area contributed by atoms with Crippen molar-refractivity contribution in [3.05, 3.63) is 40.7 Å². The van der Waals surface area contributed by atoms with Gasteiger partial charge in [0.2, 0.25) is 0 Å². The standard InChI is InChI=1S/C17H21ClN4O2/c1-11-16(17(24)19-10-15(23)12-5-2-3-6-12)20-21-22(11)14-8-4-7-13(18)9-14/h4,7-9,12,15,23H,2-3,5-6,10H2,1H3,(H,19,24). The molecule has 0 aliphatic heterocycles. The highest BCUT2D eigenvalue weighted by atomic mass is 35.5. The minimum Gasteiger partial charge on any atom is -0.391 e. The minimum absolute atomic E-state index is 0.243. The molecule has 2 aromatic rings. The molecule has 1 saturated carbocycles. The molecule has 6 nitrogen and oxygen atoms in total. The van der Waals surface area contributed by atoms with E-state index in [0.29, 0.717) is 10.7 Å². The van der Waals surface area contributed by atoms with E-state index in [9.17, 15) is 9.90 Å². The Bertz CT molecular complexity index is 725. The number of aliphatic hydroxyl groups excluding tert-OH is 1. The summed E-state index contributed by atoms with van der Waals surface area (Å²) in [5.41, 5.74) is 1.64. The van der Waals surface area contributed by atoms with Crippen molar-refractivity contribution < 1.29 is 9.90 Å². The monoisotopic (exact) mass is 348 g/mol. The van der Waals surface area contributed by atoms with Gasteiger partial charge in [0.1, 0.15) is 0 Å². The lowest BCUT2D eigenvalue weighted by atomic mass is 10.0. The van der Waals surface area contributed by atoms with Gasteiger partial charge >= 0.3 is 0 Å². The number of hydrogen-bond donors (Lipinski definition) is 2. The minimum atomic E-state index is -0.500. The first-order valence-electron chi connectivity index (χ1n) is 8.21. The van der Waals surface area contributed by atoms with E-state index in [1.165, 1.54) is 0 Å². The second-order valence-corrected chi connectivity index (χ2v) is 6.67. The molecule has 128 valence electrons. The highest BCUT2D eigenvalue weighted by Crippen LogP contribution is 2.27. The van der Waals surface area contributed by atoms with Crippen LogP contribution in [0.1, 0.15) is 41.9 Å². The summed E-state index contributed by atoms with van der Waals surface area (Å²) < 4.78 is 1.58. The van der Waals surface area contributed by atoms with Crippen LogP contribution >= 0.6 is 11.6 Å². The average molecular weight is 349 g/mol. The molecule has 0 spiro atoms. The number of amides is 1. The molecule has 7 heteroatoms. The van der Waals surface area contributed by atoms with Gasteiger partial charge in [0.05, 0.1) is 17.5 Å². The molecule has 1 atom stereocenters. The molecule has 1 aromatic carbocycles. The maximum atomic E-state index is 12.3. The van der Waals surface area contributed by atoms with Gasteiger partial charge in [-0.15, -0.1) is 5.10 Å². The first-order chi connectivity index (χ1) is 11.6. The Kier molecular flexibility index (Phi) is 5.16. The summed E-state index contributed by atoms with van der Waals surface area (Å²) in [6.45, 7) is 2.02. The summed E-state index contributed by atoms with van der Waals surface area (Å²) in [5, 5.41) is 21.5. The number of hydrogen-bond acceptors (Lipinski definition) is 4. The average Bonchev–Trinajstić information content (AvgIpc) is 3.22. The molecule has 1 aromatic heterocycles. The third-order valence-electron chi connectivity index (χ3n) is 4.58. The van der Waals surface area contributed by atoms with Crippen LogP contribution in [0.5, 0.6) is 0 Å². The molecule has 1 fully saturated rings. The summed E-state index contributed by atoms with van der Waals surface area (Å²) in [5.74, 6) is -0.0358. The van der Waals surface area contributed by atoms with Crippen LogP contribution in [0.3, 0.4) is 0 Å². The van der Waals surface area contributed by atoms with Crippen LogP contribution in [0.25, 0.3) is 5.69 Å². The van der Waals surface area contributed by atoms with E-state index in [-0.39, 0.29) is 24.1 Å². The summed E-state index contributed by atoms with van der Waals surface area (Å²) in [4.78, 5) is 12.3. The van der Waals surface area contributed by atoms with E-state index >= 15 is 0 Å². The van der Waals surface area contributed by atoms with Crippen LogP contribution in [-0.4, -0.2) is 38.7 Å². The summed E-state index contributed by atoms with van der Waals surface area (Å²) in [7, 11) is 0. The number of carbonyl (C=O) groups excluding carboxylic acids is 1. The predicted octanol–water partition coefficient (Wildman–Crippen LogP) is 2.51.